The van der Waals surface area contributed by atoms with Gasteiger partial charge in [0.1, 0.15) is 11.9 Å². The summed E-state index contributed by atoms with van der Waals surface area (Å²) in [4.78, 5) is 20.6. The van der Waals surface area contributed by atoms with Gasteiger partial charge in [-0.1, -0.05) is 32.8 Å². The highest BCUT2D eigenvalue weighted by atomic mass is 16.5. The third-order valence-electron chi connectivity index (χ3n) is 8.68. The lowest BCUT2D eigenvalue weighted by Crippen LogP contribution is -2.52. The lowest BCUT2D eigenvalue weighted by atomic mass is 9.91. The van der Waals surface area contributed by atoms with Crippen molar-refractivity contribution in [2.24, 2.45) is 5.92 Å². The molecule has 0 bridgehead atoms. The average molecular weight is 554 g/mol. The summed E-state index contributed by atoms with van der Waals surface area (Å²) in [5.41, 5.74) is 4.18. The van der Waals surface area contributed by atoms with Gasteiger partial charge in [0.2, 0.25) is 0 Å². The number of rotatable bonds is 10. The van der Waals surface area contributed by atoms with Gasteiger partial charge in [-0.3, -0.25) is 19.8 Å². The highest BCUT2D eigenvalue weighted by molar-refractivity contribution is 6.01. The van der Waals surface area contributed by atoms with Crippen LogP contribution in [-0.2, 0) is 4.74 Å². The van der Waals surface area contributed by atoms with E-state index in [1.54, 1.807) is 6.20 Å². The Morgan fingerprint density at radius 1 is 1.07 bits per heavy atom. The van der Waals surface area contributed by atoms with Crippen molar-refractivity contribution in [1.29, 1.82) is 0 Å². The molecule has 0 aliphatic carbocycles. The standard InChI is InChI=1S/C33H39N5O3/c1-3-22(4-2)32(30-7-5-6-16-34-30)35-33(39)24-10-13-29-28(19-24)31(37-36-29)23-8-11-26(12-9-23)41-27-14-17-38(18-15-27)25-20-40-21-25/h5-13,16,19,22,25,27,32H,3-4,14-15,17-18,20-21H2,1-2H3,(H,35,39)(H,36,37). The molecule has 0 spiro atoms. The van der Waals surface area contributed by atoms with Crippen LogP contribution in [0.4, 0.5) is 0 Å². The predicted molar refractivity (Wildman–Crippen MR) is 160 cm³/mol. The number of ether oxygens (including phenoxy) is 2. The number of carbonyl (C=O) groups is 1. The maximum absolute atomic E-state index is 13.5. The Labute approximate surface area is 241 Å². The van der Waals surface area contributed by atoms with Crippen LogP contribution in [0.1, 0.15) is 61.6 Å². The molecule has 0 radical (unpaired) electrons. The maximum atomic E-state index is 13.5. The smallest absolute Gasteiger partial charge is 0.251 e. The minimum Gasteiger partial charge on any atom is -0.490 e. The molecule has 2 aliphatic rings. The van der Waals surface area contributed by atoms with E-state index in [-0.39, 0.29) is 18.1 Å². The number of H-pyrrole nitrogens is 1. The van der Waals surface area contributed by atoms with Crippen LogP contribution in [0.5, 0.6) is 5.75 Å². The Bertz CT molecular complexity index is 1440. The molecule has 1 atom stereocenters. The van der Waals surface area contributed by atoms with Gasteiger partial charge in [-0.25, -0.2) is 0 Å². The fourth-order valence-corrected chi connectivity index (χ4v) is 6.03. The largest absolute Gasteiger partial charge is 0.490 e. The quantitative estimate of drug-likeness (QED) is 0.259. The van der Waals surface area contributed by atoms with Gasteiger partial charge < -0.3 is 14.8 Å². The topological polar surface area (TPSA) is 92.4 Å². The van der Waals surface area contributed by atoms with E-state index in [2.05, 4.69) is 39.2 Å². The lowest BCUT2D eigenvalue weighted by Gasteiger charge is -2.41. The predicted octanol–water partition coefficient (Wildman–Crippen LogP) is 5.77. The van der Waals surface area contributed by atoms with Gasteiger partial charge in [0.25, 0.3) is 5.91 Å². The Hall–Kier alpha value is -3.75. The number of aromatic nitrogens is 3. The maximum Gasteiger partial charge on any atom is 0.251 e. The summed E-state index contributed by atoms with van der Waals surface area (Å²) in [5.74, 6) is 1.06. The molecular formula is C33H39N5O3. The SMILES string of the molecule is CCC(CC)C(NC(=O)c1ccc2[nH]nc(-c3ccc(OC4CCN(C5COC5)CC4)cc3)c2c1)c1ccccn1. The first-order valence-corrected chi connectivity index (χ1v) is 14.9. The first-order chi connectivity index (χ1) is 20.1. The van der Waals surface area contributed by atoms with Crippen molar-refractivity contribution in [3.8, 4) is 17.0 Å². The molecule has 2 saturated heterocycles. The van der Waals surface area contributed by atoms with Gasteiger partial charge in [0.15, 0.2) is 0 Å². The van der Waals surface area contributed by atoms with Crippen molar-refractivity contribution in [1.82, 2.24) is 25.4 Å². The molecule has 1 unspecified atom stereocenters. The number of pyridine rings is 1. The summed E-state index contributed by atoms with van der Waals surface area (Å²) in [6.07, 6.45) is 6.00. The molecule has 2 fully saturated rings. The van der Waals surface area contributed by atoms with Gasteiger partial charge in [-0.2, -0.15) is 5.10 Å². The third-order valence-corrected chi connectivity index (χ3v) is 8.68. The second kappa shape index (κ2) is 12.4. The van der Waals surface area contributed by atoms with Gasteiger partial charge in [-0.05, 0) is 73.4 Å². The van der Waals surface area contributed by atoms with E-state index >= 15 is 0 Å². The van der Waals surface area contributed by atoms with Crippen LogP contribution >= 0.6 is 0 Å². The molecule has 2 N–H and O–H groups in total. The zero-order chi connectivity index (χ0) is 28.2. The molecule has 8 heteroatoms. The van der Waals surface area contributed by atoms with E-state index in [9.17, 15) is 4.79 Å². The zero-order valence-corrected chi connectivity index (χ0v) is 23.9. The fourth-order valence-electron chi connectivity index (χ4n) is 6.03. The highest BCUT2D eigenvalue weighted by Gasteiger charge is 2.30. The summed E-state index contributed by atoms with van der Waals surface area (Å²) in [6, 6.07) is 20.1. The van der Waals surface area contributed by atoms with Crippen molar-refractivity contribution >= 4 is 16.8 Å². The van der Waals surface area contributed by atoms with E-state index in [0.717, 1.165) is 85.6 Å². The number of piperidine rings is 1. The second-order valence-electron chi connectivity index (χ2n) is 11.2. The number of hydrogen-bond acceptors (Lipinski definition) is 6. The number of hydrogen-bond donors (Lipinski definition) is 2. The van der Waals surface area contributed by atoms with Crippen LogP contribution in [0.15, 0.2) is 66.9 Å². The Kier molecular flexibility index (Phi) is 8.30. The Balaban J connectivity index is 1.15. The summed E-state index contributed by atoms with van der Waals surface area (Å²) < 4.78 is 11.7. The molecule has 2 aromatic carbocycles. The molecule has 8 nitrogen and oxygen atoms in total. The minimum atomic E-state index is -0.148. The number of likely N-dealkylation sites (tertiary alicyclic amines) is 1. The monoisotopic (exact) mass is 553 g/mol. The molecule has 2 aliphatic heterocycles. The van der Waals surface area contributed by atoms with Crippen LogP contribution in [0.2, 0.25) is 0 Å². The van der Waals surface area contributed by atoms with Crippen molar-refractivity contribution in [3.05, 3.63) is 78.1 Å². The van der Waals surface area contributed by atoms with Gasteiger partial charge >= 0.3 is 0 Å². The Morgan fingerprint density at radius 2 is 1.85 bits per heavy atom. The highest BCUT2D eigenvalue weighted by Crippen LogP contribution is 2.31. The minimum absolute atomic E-state index is 0.110. The molecule has 41 heavy (non-hydrogen) atoms. The van der Waals surface area contributed by atoms with Crippen LogP contribution in [0.3, 0.4) is 0 Å². The van der Waals surface area contributed by atoms with Crippen LogP contribution in [-0.4, -0.2) is 64.4 Å². The molecule has 6 rings (SSSR count). The molecule has 4 aromatic rings. The van der Waals surface area contributed by atoms with Crippen LogP contribution < -0.4 is 10.1 Å². The summed E-state index contributed by atoms with van der Waals surface area (Å²) >= 11 is 0. The number of carbonyl (C=O) groups excluding carboxylic acids is 1. The normalized spacial score (nSPS) is 17.4. The fraction of sp³-hybridized carbons (Fsp3) is 0.424. The van der Waals surface area contributed by atoms with Crippen molar-refractivity contribution in [2.45, 2.75) is 57.7 Å². The first kappa shape index (κ1) is 27.4. The summed E-state index contributed by atoms with van der Waals surface area (Å²) in [5, 5.41) is 11.9. The number of aromatic amines is 1. The number of benzene rings is 2. The molecule has 4 heterocycles. The van der Waals surface area contributed by atoms with E-state index in [0.29, 0.717) is 17.5 Å². The molecular weight excluding hydrogens is 514 g/mol. The summed E-state index contributed by atoms with van der Waals surface area (Å²) in [6.45, 7) is 8.17. The van der Waals surface area contributed by atoms with Crippen molar-refractivity contribution < 1.29 is 14.3 Å². The first-order valence-electron chi connectivity index (χ1n) is 14.9. The van der Waals surface area contributed by atoms with Gasteiger partial charge in [0.05, 0.1) is 42.2 Å². The molecule has 214 valence electrons. The van der Waals surface area contributed by atoms with E-state index in [1.165, 1.54) is 0 Å². The molecule has 0 saturated carbocycles. The van der Waals surface area contributed by atoms with Crippen LogP contribution in [0, 0.1) is 5.92 Å². The van der Waals surface area contributed by atoms with Crippen LogP contribution in [0.25, 0.3) is 22.2 Å². The third kappa shape index (κ3) is 5.99. The number of nitrogens with zero attached hydrogens (tertiary/aromatic N) is 3. The summed E-state index contributed by atoms with van der Waals surface area (Å²) in [7, 11) is 0. The Morgan fingerprint density at radius 3 is 2.51 bits per heavy atom. The van der Waals surface area contributed by atoms with E-state index in [1.807, 2.05) is 60.7 Å². The molecule has 1 amide bonds. The second-order valence-corrected chi connectivity index (χ2v) is 11.2. The van der Waals surface area contributed by atoms with E-state index < -0.39 is 0 Å². The average Bonchev–Trinajstić information content (AvgIpc) is 3.41. The zero-order valence-electron chi connectivity index (χ0n) is 23.9. The van der Waals surface area contributed by atoms with Gasteiger partial charge in [-0.15, -0.1) is 0 Å². The van der Waals surface area contributed by atoms with Crippen molar-refractivity contribution in [3.63, 3.8) is 0 Å². The molecule has 2 aromatic heterocycles. The number of nitrogens with one attached hydrogen (secondary N) is 2. The number of amides is 1. The van der Waals surface area contributed by atoms with E-state index in [4.69, 9.17) is 9.47 Å². The lowest BCUT2D eigenvalue weighted by molar-refractivity contribution is -0.0778. The number of fused-ring (bicyclic) bond motifs is 1. The van der Waals surface area contributed by atoms with Gasteiger partial charge in [0, 0.05) is 35.8 Å². The van der Waals surface area contributed by atoms with Crippen molar-refractivity contribution in [2.75, 3.05) is 26.3 Å².